The van der Waals surface area contributed by atoms with Crippen LogP contribution in [-0.4, -0.2) is 12.5 Å². The second-order valence-electron chi connectivity index (χ2n) is 4.62. The summed E-state index contributed by atoms with van der Waals surface area (Å²) in [5.74, 6) is -0.186. The summed E-state index contributed by atoms with van der Waals surface area (Å²) in [5, 5.41) is 3.02. The van der Waals surface area contributed by atoms with Crippen LogP contribution in [0, 0.1) is 17.6 Å². The molecule has 1 aromatic rings. The normalized spacial score (nSPS) is 15.6. The number of aliphatic imine (C=N–C) groups is 1. The van der Waals surface area contributed by atoms with E-state index in [1.807, 2.05) is 0 Å². The van der Waals surface area contributed by atoms with Crippen LogP contribution in [0.1, 0.15) is 24.8 Å². The van der Waals surface area contributed by atoms with Gasteiger partial charge in [-0.15, -0.1) is 24.0 Å². The predicted molar refractivity (Wildman–Crippen MR) is 82.4 cm³/mol. The second-order valence-corrected chi connectivity index (χ2v) is 4.62. The summed E-state index contributed by atoms with van der Waals surface area (Å²) in [6, 6.07) is 3.45. The van der Waals surface area contributed by atoms with Gasteiger partial charge in [0, 0.05) is 18.2 Å². The van der Waals surface area contributed by atoms with Gasteiger partial charge in [0.1, 0.15) is 11.6 Å². The van der Waals surface area contributed by atoms with Gasteiger partial charge in [0.25, 0.3) is 0 Å². The minimum atomic E-state index is -0.592. The van der Waals surface area contributed by atoms with E-state index in [-0.39, 0.29) is 30.5 Å². The van der Waals surface area contributed by atoms with Crippen LogP contribution in [0.5, 0.6) is 0 Å². The van der Waals surface area contributed by atoms with Gasteiger partial charge in [-0.25, -0.2) is 13.8 Å². The lowest BCUT2D eigenvalue weighted by atomic mass is 9.85. The van der Waals surface area contributed by atoms with Crippen LogP contribution < -0.4 is 11.1 Å². The first kappa shape index (κ1) is 16.1. The third kappa shape index (κ3) is 4.93. The minimum absolute atomic E-state index is 0. The van der Waals surface area contributed by atoms with Gasteiger partial charge in [-0.1, -0.05) is 12.5 Å². The van der Waals surface area contributed by atoms with Gasteiger partial charge in [0.2, 0.25) is 0 Å². The monoisotopic (exact) mass is 381 g/mol. The van der Waals surface area contributed by atoms with Gasteiger partial charge >= 0.3 is 0 Å². The Hall–Kier alpha value is -0.920. The van der Waals surface area contributed by atoms with E-state index in [9.17, 15) is 8.78 Å². The zero-order chi connectivity index (χ0) is 13.0. The van der Waals surface area contributed by atoms with Gasteiger partial charge in [-0.05, 0) is 24.8 Å². The highest BCUT2D eigenvalue weighted by atomic mass is 127. The smallest absolute Gasteiger partial charge is 0.188 e. The van der Waals surface area contributed by atoms with E-state index in [4.69, 9.17) is 5.73 Å². The van der Waals surface area contributed by atoms with E-state index in [0.29, 0.717) is 17.4 Å². The number of nitrogens with one attached hydrogen (secondary N) is 1. The summed E-state index contributed by atoms with van der Waals surface area (Å²) in [5.41, 5.74) is 6.01. The Morgan fingerprint density at radius 3 is 2.68 bits per heavy atom. The Morgan fingerprint density at radius 1 is 1.37 bits per heavy atom. The summed E-state index contributed by atoms with van der Waals surface area (Å²) < 4.78 is 26.0. The lowest BCUT2D eigenvalue weighted by Crippen LogP contribution is -2.37. The molecule has 0 atom stereocenters. The number of hydrogen-bond donors (Lipinski definition) is 2. The Kier molecular flexibility index (Phi) is 6.47. The molecule has 106 valence electrons. The molecule has 0 unspecified atom stereocenters. The molecule has 0 bridgehead atoms. The van der Waals surface area contributed by atoms with E-state index >= 15 is 0 Å². The average molecular weight is 381 g/mol. The molecule has 6 heteroatoms. The van der Waals surface area contributed by atoms with E-state index < -0.39 is 11.6 Å². The number of halogens is 3. The maximum atomic E-state index is 13.3. The third-order valence-corrected chi connectivity index (χ3v) is 3.23. The van der Waals surface area contributed by atoms with Crippen molar-refractivity contribution >= 4 is 29.9 Å². The first-order valence-corrected chi connectivity index (χ1v) is 6.13. The SMILES string of the molecule is I.NC(=NCc1ccc(F)cc1F)NCC1CCC1. The molecular weight excluding hydrogens is 363 g/mol. The summed E-state index contributed by atoms with van der Waals surface area (Å²) in [4.78, 5) is 4.04. The van der Waals surface area contributed by atoms with Crippen molar-refractivity contribution in [3.05, 3.63) is 35.4 Å². The molecule has 3 N–H and O–H groups in total. The molecule has 2 rings (SSSR count). The highest BCUT2D eigenvalue weighted by Gasteiger charge is 2.16. The number of nitrogens with zero attached hydrogens (tertiary/aromatic N) is 1. The summed E-state index contributed by atoms with van der Waals surface area (Å²) >= 11 is 0. The third-order valence-electron chi connectivity index (χ3n) is 3.23. The van der Waals surface area contributed by atoms with Crippen LogP contribution in [0.3, 0.4) is 0 Å². The molecule has 1 fully saturated rings. The molecule has 0 saturated heterocycles. The van der Waals surface area contributed by atoms with Crippen molar-refractivity contribution in [2.45, 2.75) is 25.8 Å². The second kappa shape index (κ2) is 7.62. The summed E-state index contributed by atoms with van der Waals surface area (Å²) in [6.45, 7) is 0.941. The molecule has 1 aliphatic rings. The molecule has 0 amide bonds. The first-order valence-electron chi connectivity index (χ1n) is 6.13. The lowest BCUT2D eigenvalue weighted by Gasteiger charge is -2.25. The van der Waals surface area contributed by atoms with Crippen molar-refractivity contribution in [1.29, 1.82) is 0 Å². The quantitative estimate of drug-likeness (QED) is 0.479. The van der Waals surface area contributed by atoms with E-state index in [1.54, 1.807) is 0 Å². The van der Waals surface area contributed by atoms with E-state index in [2.05, 4.69) is 10.3 Å². The maximum Gasteiger partial charge on any atom is 0.188 e. The predicted octanol–water partition coefficient (Wildman–Crippen LogP) is 2.79. The standard InChI is InChI=1S/C13H17F2N3.HI/c14-11-5-4-10(12(15)6-11)8-18-13(16)17-7-9-2-1-3-9;/h4-6,9H,1-3,7-8H2,(H3,16,17,18);1H. The molecule has 0 spiro atoms. The van der Waals surface area contributed by atoms with Crippen molar-refractivity contribution in [1.82, 2.24) is 5.32 Å². The van der Waals surface area contributed by atoms with Crippen molar-refractivity contribution in [3.8, 4) is 0 Å². The van der Waals surface area contributed by atoms with Crippen molar-refractivity contribution in [2.75, 3.05) is 6.54 Å². The van der Waals surface area contributed by atoms with Crippen LogP contribution in [0.2, 0.25) is 0 Å². The fourth-order valence-electron chi connectivity index (χ4n) is 1.82. The average Bonchev–Trinajstić information content (AvgIpc) is 2.25. The fraction of sp³-hybridized carbons (Fsp3) is 0.462. The van der Waals surface area contributed by atoms with Crippen molar-refractivity contribution in [2.24, 2.45) is 16.6 Å². The number of hydrogen-bond acceptors (Lipinski definition) is 1. The highest BCUT2D eigenvalue weighted by molar-refractivity contribution is 14.0. The van der Waals surface area contributed by atoms with Crippen LogP contribution in [0.15, 0.2) is 23.2 Å². The molecule has 19 heavy (non-hydrogen) atoms. The molecule has 0 heterocycles. The molecule has 1 saturated carbocycles. The molecule has 1 aromatic carbocycles. The molecular formula is C13H18F2IN3. The Bertz CT molecular complexity index is 448. The van der Waals surface area contributed by atoms with Crippen LogP contribution >= 0.6 is 24.0 Å². The minimum Gasteiger partial charge on any atom is -0.370 e. The van der Waals surface area contributed by atoms with Crippen LogP contribution in [0.4, 0.5) is 8.78 Å². The van der Waals surface area contributed by atoms with Crippen molar-refractivity contribution in [3.63, 3.8) is 0 Å². The first-order chi connectivity index (χ1) is 8.65. The number of benzene rings is 1. The zero-order valence-electron chi connectivity index (χ0n) is 10.5. The topological polar surface area (TPSA) is 50.4 Å². The summed E-state index contributed by atoms with van der Waals surface area (Å²) in [6.07, 6.45) is 3.74. The number of rotatable bonds is 4. The Morgan fingerprint density at radius 2 is 2.11 bits per heavy atom. The van der Waals surface area contributed by atoms with Crippen LogP contribution in [-0.2, 0) is 6.54 Å². The van der Waals surface area contributed by atoms with E-state index in [0.717, 1.165) is 12.6 Å². The van der Waals surface area contributed by atoms with Crippen molar-refractivity contribution < 1.29 is 8.78 Å². The van der Waals surface area contributed by atoms with Gasteiger partial charge < -0.3 is 11.1 Å². The number of guanidine groups is 1. The van der Waals surface area contributed by atoms with Crippen LogP contribution in [0.25, 0.3) is 0 Å². The van der Waals surface area contributed by atoms with Gasteiger partial charge in [0.15, 0.2) is 5.96 Å². The fourth-order valence-corrected chi connectivity index (χ4v) is 1.82. The molecule has 0 aromatic heterocycles. The zero-order valence-corrected chi connectivity index (χ0v) is 12.9. The molecule has 0 aliphatic heterocycles. The molecule has 0 radical (unpaired) electrons. The Balaban J connectivity index is 0.00000180. The highest BCUT2D eigenvalue weighted by Crippen LogP contribution is 2.24. The van der Waals surface area contributed by atoms with Gasteiger partial charge in [-0.2, -0.15) is 0 Å². The Labute approximate surface area is 128 Å². The number of nitrogens with two attached hydrogens (primary N) is 1. The lowest BCUT2D eigenvalue weighted by molar-refractivity contribution is 0.315. The van der Waals surface area contributed by atoms with E-state index in [1.165, 1.54) is 31.4 Å². The maximum absolute atomic E-state index is 13.3. The van der Waals surface area contributed by atoms with Gasteiger partial charge in [-0.3, -0.25) is 0 Å². The molecule has 1 aliphatic carbocycles. The summed E-state index contributed by atoms with van der Waals surface area (Å²) in [7, 11) is 0. The van der Waals surface area contributed by atoms with Gasteiger partial charge in [0.05, 0.1) is 6.54 Å². The molecule has 3 nitrogen and oxygen atoms in total. The largest absolute Gasteiger partial charge is 0.370 e.